The van der Waals surface area contributed by atoms with Gasteiger partial charge in [0, 0.05) is 4.83 Å². The number of phenolic OH excluding ortho intramolecular Hbond substituents is 1. The number of phenols is 1. The molecule has 2 heteroatoms. The zero-order valence-electron chi connectivity index (χ0n) is 8.00. The summed E-state index contributed by atoms with van der Waals surface area (Å²) in [7, 11) is 0. The van der Waals surface area contributed by atoms with Gasteiger partial charge in [-0.25, -0.2) is 0 Å². The lowest BCUT2D eigenvalue weighted by Crippen LogP contribution is -2.09. The zero-order valence-corrected chi connectivity index (χ0v) is 9.58. The van der Waals surface area contributed by atoms with Crippen LogP contribution in [0.15, 0.2) is 24.3 Å². The smallest absolute Gasteiger partial charge is 0.115 e. The van der Waals surface area contributed by atoms with E-state index < -0.39 is 0 Å². The quantitative estimate of drug-likeness (QED) is 0.807. The van der Waals surface area contributed by atoms with E-state index >= 15 is 0 Å². The molecule has 1 aromatic rings. The highest BCUT2D eigenvalue weighted by atomic mass is 79.9. The second-order valence-corrected chi connectivity index (χ2v) is 4.97. The van der Waals surface area contributed by atoms with E-state index in [2.05, 4.69) is 29.8 Å². The zero-order chi connectivity index (χ0) is 9.84. The lowest BCUT2D eigenvalue weighted by Gasteiger charge is -2.13. The fourth-order valence-electron chi connectivity index (χ4n) is 1.22. The third-order valence-electron chi connectivity index (χ3n) is 2.25. The van der Waals surface area contributed by atoms with Crippen molar-refractivity contribution in [2.45, 2.75) is 25.1 Å². The maximum absolute atomic E-state index is 9.25. The van der Waals surface area contributed by atoms with E-state index in [1.165, 1.54) is 5.56 Å². The number of benzene rings is 1. The van der Waals surface area contributed by atoms with Gasteiger partial charge in [-0.3, -0.25) is 0 Å². The van der Waals surface area contributed by atoms with Crippen molar-refractivity contribution in [3.05, 3.63) is 29.8 Å². The van der Waals surface area contributed by atoms with Gasteiger partial charge in [0.15, 0.2) is 0 Å². The van der Waals surface area contributed by atoms with Crippen molar-refractivity contribution < 1.29 is 5.11 Å². The van der Waals surface area contributed by atoms with Crippen LogP contribution >= 0.6 is 15.9 Å². The standard InChI is InChI=1S/C11H15BrO/c1-8(9(2)12)6-10-4-3-5-11(13)7-10/h3-5,7-9,13H,6H2,1-2H3. The van der Waals surface area contributed by atoms with E-state index in [0.29, 0.717) is 16.5 Å². The van der Waals surface area contributed by atoms with Crippen LogP contribution in [0.1, 0.15) is 19.4 Å². The van der Waals surface area contributed by atoms with Crippen molar-refractivity contribution in [1.82, 2.24) is 0 Å². The number of halogens is 1. The van der Waals surface area contributed by atoms with Crippen LogP contribution in [0, 0.1) is 5.92 Å². The average Bonchev–Trinajstić information content (AvgIpc) is 2.04. The van der Waals surface area contributed by atoms with Crippen molar-refractivity contribution in [3.8, 4) is 5.75 Å². The summed E-state index contributed by atoms with van der Waals surface area (Å²) in [5, 5.41) is 9.25. The minimum Gasteiger partial charge on any atom is -0.508 e. The highest BCUT2D eigenvalue weighted by Gasteiger charge is 2.09. The Bertz CT molecular complexity index is 271. The third kappa shape index (κ3) is 3.39. The lowest BCUT2D eigenvalue weighted by atomic mass is 9.99. The molecular formula is C11H15BrO. The first-order chi connectivity index (χ1) is 6.09. The van der Waals surface area contributed by atoms with Crippen LogP contribution < -0.4 is 0 Å². The van der Waals surface area contributed by atoms with E-state index in [9.17, 15) is 5.11 Å². The summed E-state index contributed by atoms with van der Waals surface area (Å²) in [6.07, 6.45) is 1.00. The van der Waals surface area contributed by atoms with Gasteiger partial charge in [-0.1, -0.05) is 41.9 Å². The molecule has 0 aliphatic carbocycles. The maximum Gasteiger partial charge on any atom is 0.115 e. The molecule has 1 N–H and O–H groups in total. The van der Waals surface area contributed by atoms with Gasteiger partial charge in [0.25, 0.3) is 0 Å². The molecule has 13 heavy (non-hydrogen) atoms. The Kier molecular flexibility index (Phi) is 3.79. The predicted molar refractivity (Wildman–Crippen MR) is 59.4 cm³/mol. The summed E-state index contributed by atoms with van der Waals surface area (Å²) in [6.45, 7) is 4.34. The number of alkyl halides is 1. The molecule has 1 aromatic carbocycles. The molecule has 0 aliphatic rings. The van der Waals surface area contributed by atoms with Crippen LogP contribution in [0.2, 0.25) is 0 Å². The van der Waals surface area contributed by atoms with Gasteiger partial charge < -0.3 is 5.11 Å². The molecule has 0 radical (unpaired) electrons. The molecule has 0 aliphatic heterocycles. The normalized spacial score (nSPS) is 15.3. The summed E-state index contributed by atoms with van der Waals surface area (Å²) in [6, 6.07) is 7.46. The van der Waals surface area contributed by atoms with E-state index in [-0.39, 0.29) is 0 Å². The van der Waals surface area contributed by atoms with Gasteiger partial charge in [0.1, 0.15) is 5.75 Å². The molecule has 0 saturated carbocycles. The largest absolute Gasteiger partial charge is 0.508 e. The van der Waals surface area contributed by atoms with Crippen molar-refractivity contribution in [1.29, 1.82) is 0 Å². The maximum atomic E-state index is 9.25. The van der Waals surface area contributed by atoms with Gasteiger partial charge in [-0.05, 0) is 30.0 Å². The van der Waals surface area contributed by atoms with Crippen LogP contribution in [-0.4, -0.2) is 9.93 Å². The third-order valence-corrected chi connectivity index (χ3v) is 3.15. The molecule has 0 heterocycles. The Morgan fingerprint density at radius 3 is 2.62 bits per heavy atom. The van der Waals surface area contributed by atoms with Gasteiger partial charge in [0.05, 0.1) is 0 Å². The van der Waals surface area contributed by atoms with Crippen LogP contribution in [0.25, 0.3) is 0 Å². The van der Waals surface area contributed by atoms with E-state index in [4.69, 9.17) is 0 Å². The summed E-state index contributed by atoms with van der Waals surface area (Å²) in [5.41, 5.74) is 1.19. The van der Waals surface area contributed by atoms with Crippen molar-refractivity contribution in [3.63, 3.8) is 0 Å². The first-order valence-corrected chi connectivity index (χ1v) is 5.43. The van der Waals surface area contributed by atoms with Crippen LogP contribution in [0.3, 0.4) is 0 Å². The Balaban J connectivity index is 2.64. The summed E-state index contributed by atoms with van der Waals surface area (Å²) >= 11 is 3.55. The number of hydrogen-bond donors (Lipinski definition) is 1. The molecule has 2 unspecified atom stereocenters. The van der Waals surface area contributed by atoms with Crippen molar-refractivity contribution in [2.75, 3.05) is 0 Å². The highest BCUT2D eigenvalue weighted by molar-refractivity contribution is 9.09. The fraction of sp³-hybridized carbons (Fsp3) is 0.455. The average molecular weight is 243 g/mol. The Hall–Kier alpha value is -0.500. The molecule has 0 amide bonds. The molecule has 0 saturated heterocycles. The van der Waals surface area contributed by atoms with Gasteiger partial charge in [-0.2, -0.15) is 0 Å². The molecule has 0 aromatic heterocycles. The Labute approximate surface area is 87.9 Å². The minimum absolute atomic E-state index is 0.354. The van der Waals surface area contributed by atoms with E-state index in [1.807, 2.05) is 18.2 Å². The molecule has 0 spiro atoms. The summed E-state index contributed by atoms with van der Waals surface area (Å²) in [4.78, 5) is 0.509. The molecular weight excluding hydrogens is 228 g/mol. The van der Waals surface area contributed by atoms with E-state index in [1.54, 1.807) is 6.07 Å². The number of rotatable bonds is 3. The topological polar surface area (TPSA) is 20.2 Å². The second-order valence-electron chi connectivity index (χ2n) is 3.53. The monoisotopic (exact) mass is 242 g/mol. The van der Waals surface area contributed by atoms with Crippen LogP contribution in [0.5, 0.6) is 5.75 Å². The lowest BCUT2D eigenvalue weighted by molar-refractivity contribution is 0.473. The molecule has 2 atom stereocenters. The van der Waals surface area contributed by atoms with Crippen molar-refractivity contribution in [2.24, 2.45) is 5.92 Å². The van der Waals surface area contributed by atoms with Gasteiger partial charge in [-0.15, -0.1) is 0 Å². The van der Waals surface area contributed by atoms with Crippen molar-refractivity contribution >= 4 is 15.9 Å². The molecule has 1 nitrogen and oxygen atoms in total. The predicted octanol–water partition coefficient (Wildman–Crippen LogP) is 3.35. The second kappa shape index (κ2) is 4.66. The summed E-state index contributed by atoms with van der Waals surface area (Å²) in [5.74, 6) is 0.939. The molecule has 0 bridgehead atoms. The molecule has 1 rings (SSSR count). The Morgan fingerprint density at radius 2 is 2.08 bits per heavy atom. The minimum atomic E-state index is 0.354. The number of aromatic hydroxyl groups is 1. The SMILES string of the molecule is CC(Br)C(C)Cc1cccc(O)c1. The first kappa shape index (κ1) is 10.6. The highest BCUT2D eigenvalue weighted by Crippen LogP contribution is 2.19. The Morgan fingerprint density at radius 1 is 1.38 bits per heavy atom. The van der Waals surface area contributed by atoms with E-state index in [0.717, 1.165) is 6.42 Å². The first-order valence-electron chi connectivity index (χ1n) is 4.51. The summed E-state index contributed by atoms with van der Waals surface area (Å²) < 4.78 is 0. The molecule has 72 valence electrons. The van der Waals surface area contributed by atoms with Crippen LogP contribution in [0.4, 0.5) is 0 Å². The van der Waals surface area contributed by atoms with Crippen LogP contribution in [-0.2, 0) is 6.42 Å². The number of hydrogen-bond acceptors (Lipinski definition) is 1. The van der Waals surface area contributed by atoms with Gasteiger partial charge in [0.2, 0.25) is 0 Å². The molecule has 0 fully saturated rings. The fourth-order valence-corrected chi connectivity index (χ4v) is 1.40. The van der Waals surface area contributed by atoms with Gasteiger partial charge >= 0.3 is 0 Å².